The van der Waals surface area contributed by atoms with Gasteiger partial charge in [0.2, 0.25) is 0 Å². The number of carbonyl (C=O) groups is 3. The molecule has 0 radical (unpaired) electrons. The number of ether oxygens (including phenoxy) is 1. The Labute approximate surface area is 167 Å². The highest BCUT2D eigenvalue weighted by Gasteiger charge is 2.24. The second kappa shape index (κ2) is 7.59. The second-order valence-corrected chi connectivity index (χ2v) is 6.66. The Bertz CT molecular complexity index is 1110. The first kappa shape index (κ1) is 18.4. The average Bonchev–Trinajstić information content (AvgIpc) is 2.75. The number of hydrogen-bond acceptors (Lipinski definition) is 4. The normalized spacial score (nSPS) is 14.9. The van der Waals surface area contributed by atoms with Crippen molar-refractivity contribution in [3.05, 3.63) is 89.5 Å². The molecule has 1 aliphatic heterocycles. The first-order valence-electron chi connectivity index (χ1n) is 9.14. The van der Waals surface area contributed by atoms with Crippen molar-refractivity contribution in [3.8, 4) is 5.75 Å². The van der Waals surface area contributed by atoms with E-state index < -0.39 is 12.0 Å². The first-order valence-corrected chi connectivity index (χ1v) is 9.14. The van der Waals surface area contributed by atoms with Crippen molar-refractivity contribution < 1.29 is 19.1 Å². The van der Waals surface area contributed by atoms with Gasteiger partial charge in [-0.2, -0.15) is 0 Å². The van der Waals surface area contributed by atoms with Crippen molar-refractivity contribution in [3.63, 3.8) is 0 Å². The Morgan fingerprint density at radius 1 is 0.931 bits per heavy atom. The van der Waals surface area contributed by atoms with Gasteiger partial charge in [-0.25, -0.2) is 0 Å². The molecule has 1 unspecified atom stereocenters. The Morgan fingerprint density at radius 3 is 2.38 bits per heavy atom. The Hall–Kier alpha value is -3.93. The summed E-state index contributed by atoms with van der Waals surface area (Å²) in [6, 6.07) is 20.5. The molecule has 4 rings (SSSR count). The minimum Gasteiger partial charge on any atom is -0.479 e. The lowest BCUT2D eigenvalue weighted by Crippen LogP contribution is -2.34. The van der Waals surface area contributed by atoms with Crippen molar-refractivity contribution in [1.29, 1.82) is 0 Å². The van der Waals surface area contributed by atoms with Crippen LogP contribution in [0.25, 0.3) is 0 Å². The zero-order valence-corrected chi connectivity index (χ0v) is 15.6. The molecule has 1 atom stereocenters. The van der Waals surface area contributed by atoms with Gasteiger partial charge in [0, 0.05) is 16.8 Å². The highest BCUT2D eigenvalue weighted by atomic mass is 16.5. The molecule has 3 aromatic carbocycles. The minimum atomic E-state index is -0.571. The molecule has 0 fully saturated rings. The smallest absolute Gasteiger partial charge is 0.265 e. The Kier molecular flexibility index (Phi) is 4.83. The summed E-state index contributed by atoms with van der Waals surface area (Å²) in [6.07, 6.45) is -0.571. The number of rotatable bonds is 4. The van der Waals surface area contributed by atoms with Crippen molar-refractivity contribution in [1.82, 2.24) is 0 Å². The van der Waals surface area contributed by atoms with Crippen LogP contribution in [0.4, 0.5) is 11.4 Å². The van der Waals surface area contributed by atoms with Gasteiger partial charge in [0.25, 0.3) is 11.8 Å². The SMILES string of the molecule is CC1Oc2ccc(NC(=O)c3ccccc3C(=O)c3ccccc3)cc2NC1=O. The lowest BCUT2D eigenvalue weighted by molar-refractivity contribution is -0.122. The average molecular weight is 386 g/mol. The zero-order chi connectivity index (χ0) is 20.4. The van der Waals surface area contributed by atoms with E-state index in [-0.39, 0.29) is 17.3 Å². The number of ketones is 1. The highest BCUT2D eigenvalue weighted by molar-refractivity contribution is 6.17. The Morgan fingerprint density at radius 2 is 1.62 bits per heavy atom. The van der Waals surface area contributed by atoms with Gasteiger partial charge < -0.3 is 15.4 Å². The maximum Gasteiger partial charge on any atom is 0.265 e. The number of amides is 2. The predicted molar refractivity (Wildman–Crippen MR) is 109 cm³/mol. The first-order chi connectivity index (χ1) is 14.0. The monoisotopic (exact) mass is 386 g/mol. The molecule has 3 aromatic rings. The van der Waals surface area contributed by atoms with Crippen LogP contribution in [0.1, 0.15) is 33.2 Å². The molecule has 0 aromatic heterocycles. The number of anilines is 2. The van der Waals surface area contributed by atoms with Crippen LogP contribution in [0.2, 0.25) is 0 Å². The largest absolute Gasteiger partial charge is 0.479 e. The quantitative estimate of drug-likeness (QED) is 0.666. The van der Waals surface area contributed by atoms with E-state index in [9.17, 15) is 14.4 Å². The van der Waals surface area contributed by atoms with Crippen molar-refractivity contribution in [2.45, 2.75) is 13.0 Å². The molecule has 1 aliphatic rings. The molecule has 144 valence electrons. The van der Waals surface area contributed by atoms with Crippen LogP contribution < -0.4 is 15.4 Å². The van der Waals surface area contributed by atoms with E-state index in [0.717, 1.165) is 0 Å². The van der Waals surface area contributed by atoms with Crippen LogP contribution >= 0.6 is 0 Å². The molecule has 1 heterocycles. The number of nitrogens with one attached hydrogen (secondary N) is 2. The van der Waals surface area contributed by atoms with E-state index in [1.54, 1.807) is 73.7 Å². The molecule has 0 saturated carbocycles. The molecular weight excluding hydrogens is 368 g/mol. The number of fused-ring (bicyclic) bond motifs is 1. The molecule has 0 bridgehead atoms. The van der Waals surface area contributed by atoms with Gasteiger partial charge in [0.15, 0.2) is 11.9 Å². The predicted octanol–water partition coefficient (Wildman–Crippen LogP) is 3.89. The molecule has 6 heteroatoms. The second-order valence-electron chi connectivity index (χ2n) is 6.66. The van der Waals surface area contributed by atoms with Crippen LogP contribution in [-0.2, 0) is 4.79 Å². The molecule has 0 spiro atoms. The summed E-state index contributed by atoms with van der Waals surface area (Å²) in [4.78, 5) is 37.5. The molecule has 0 saturated heterocycles. The summed E-state index contributed by atoms with van der Waals surface area (Å²) in [5, 5.41) is 5.53. The Balaban J connectivity index is 1.60. The van der Waals surface area contributed by atoms with Crippen molar-refractivity contribution >= 4 is 29.0 Å². The fourth-order valence-corrected chi connectivity index (χ4v) is 3.11. The third kappa shape index (κ3) is 3.73. The number of carbonyl (C=O) groups excluding carboxylic acids is 3. The lowest BCUT2D eigenvalue weighted by atomic mass is 9.98. The summed E-state index contributed by atoms with van der Waals surface area (Å²) in [5.74, 6) is -0.354. The minimum absolute atomic E-state index is 0.226. The third-order valence-electron chi connectivity index (χ3n) is 4.62. The molecular formula is C23H18N2O4. The molecule has 29 heavy (non-hydrogen) atoms. The fraction of sp³-hybridized carbons (Fsp3) is 0.0870. The van der Waals surface area contributed by atoms with E-state index >= 15 is 0 Å². The van der Waals surface area contributed by atoms with E-state index in [4.69, 9.17) is 4.74 Å². The molecule has 6 nitrogen and oxygen atoms in total. The van der Waals surface area contributed by atoms with Crippen LogP contribution in [0, 0.1) is 0 Å². The van der Waals surface area contributed by atoms with Gasteiger partial charge in [-0.05, 0) is 31.2 Å². The standard InChI is InChI=1S/C23H18N2O4/c1-14-22(27)25-19-13-16(11-12-20(19)29-14)24-23(28)18-10-6-5-9-17(18)21(26)15-7-3-2-4-8-15/h2-14H,1H3,(H,24,28)(H,25,27). The van der Waals surface area contributed by atoms with Gasteiger partial charge in [-0.3, -0.25) is 14.4 Å². The maximum atomic E-state index is 12.9. The van der Waals surface area contributed by atoms with Gasteiger partial charge in [0.1, 0.15) is 5.75 Å². The van der Waals surface area contributed by atoms with Gasteiger partial charge >= 0.3 is 0 Å². The zero-order valence-electron chi connectivity index (χ0n) is 15.6. The van der Waals surface area contributed by atoms with Crippen molar-refractivity contribution in [2.24, 2.45) is 0 Å². The fourth-order valence-electron chi connectivity index (χ4n) is 3.11. The van der Waals surface area contributed by atoms with E-state index in [1.165, 1.54) is 0 Å². The van der Waals surface area contributed by atoms with Crippen molar-refractivity contribution in [2.75, 3.05) is 10.6 Å². The maximum absolute atomic E-state index is 12.9. The lowest BCUT2D eigenvalue weighted by Gasteiger charge is -2.23. The van der Waals surface area contributed by atoms with E-state index in [1.807, 2.05) is 6.07 Å². The number of hydrogen-bond donors (Lipinski definition) is 2. The number of benzene rings is 3. The highest BCUT2D eigenvalue weighted by Crippen LogP contribution is 2.32. The topological polar surface area (TPSA) is 84.5 Å². The van der Waals surface area contributed by atoms with Gasteiger partial charge in [-0.1, -0.05) is 48.5 Å². The summed E-state index contributed by atoms with van der Waals surface area (Å²) in [5.41, 5.74) is 2.07. The summed E-state index contributed by atoms with van der Waals surface area (Å²) >= 11 is 0. The van der Waals surface area contributed by atoms with Crippen LogP contribution in [-0.4, -0.2) is 23.7 Å². The molecule has 2 amide bonds. The molecule has 2 N–H and O–H groups in total. The summed E-state index contributed by atoms with van der Waals surface area (Å²) in [7, 11) is 0. The van der Waals surface area contributed by atoms with Gasteiger partial charge in [0.05, 0.1) is 11.3 Å². The van der Waals surface area contributed by atoms with Crippen LogP contribution in [0.5, 0.6) is 5.75 Å². The third-order valence-corrected chi connectivity index (χ3v) is 4.62. The summed E-state index contributed by atoms with van der Waals surface area (Å²) in [6.45, 7) is 1.66. The summed E-state index contributed by atoms with van der Waals surface area (Å²) < 4.78 is 5.52. The van der Waals surface area contributed by atoms with Gasteiger partial charge in [-0.15, -0.1) is 0 Å². The molecule has 0 aliphatic carbocycles. The van der Waals surface area contributed by atoms with E-state index in [2.05, 4.69) is 10.6 Å². The van der Waals surface area contributed by atoms with Crippen LogP contribution in [0.15, 0.2) is 72.8 Å². The van der Waals surface area contributed by atoms with E-state index in [0.29, 0.717) is 28.3 Å². The van der Waals surface area contributed by atoms with Crippen LogP contribution in [0.3, 0.4) is 0 Å².